The predicted octanol–water partition coefficient (Wildman–Crippen LogP) is 3.37. The Kier molecular flexibility index (Phi) is 4.98. The second kappa shape index (κ2) is 7.08. The van der Waals surface area contributed by atoms with Gasteiger partial charge in [-0.3, -0.25) is 0 Å². The molecule has 3 aromatic rings. The van der Waals surface area contributed by atoms with E-state index in [1.807, 2.05) is 0 Å². The van der Waals surface area contributed by atoms with E-state index in [-0.39, 0.29) is 17.9 Å². The summed E-state index contributed by atoms with van der Waals surface area (Å²) in [6, 6.07) is 10.7. The first-order chi connectivity index (χ1) is 12.7. The number of halogens is 4. The molecule has 27 heavy (non-hydrogen) atoms. The zero-order chi connectivity index (χ0) is 19.7. The standard InChI is InChI=1S/C16H11F4N3O3S/c17-12-3-1-2-4-13(12)27(24,25)21-9-10-5-7-11(8-6-10)14-22-15(26-23-14)16(18,19)20/h1-8,21H,9H2. The molecule has 0 atom stereocenters. The fraction of sp³-hybridized carbons (Fsp3) is 0.125. The molecule has 0 unspecified atom stereocenters. The molecule has 1 heterocycles. The number of hydrogen-bond acceptors (Lipinski definition) is 5. The number of nitrogens with zero attached hydrogens (tertiary/aromatic N) is 2. The summed E-state index contributed by atoms with van der Waals surface area (Å²) in [7, 11) is -4.05. The van der Waals surface area contributed by atoms with Gasteiger partial charge in [-0.15, -0.1) is 0 Å². The first-order valence-corrected chi connectivity index (χ1v) is 8.89. The molecule has 0 fully saturated rings. The summed E-state index contributed by atoms with van der Waals surface area (Å²) in [5.41, 5.74) is 0.758. The van der Waals surface area contributed by atoms with Gasteiger partial charge in [0.2, 0.25) is 15.8 Å². The zero-order valence-corrected chi connectivity index (χ0v) is 14.2. The molecule has 1 N–H and O–H groups in total. The van der Waals surface area contributed by atoms with Crippen molar-refractivity contribution in [3.8, 4) is 11.4 Å². The molecular weight excluding hydrogens is 390 g/mol. The lowest BCUT2D eigenvalue weighted by Gasteiger charge is -2.08. The number of alkyl halides is 3. The molecule has 2 aromatic carbocycles. The third-order valence-corrected chi connectivity index (χ3v) is 4.91. The molecule has 0 spiro atoms. The minimum atomic E-state index is -4.74. The molecule has 3 rings (SSSR count). The maximum Gasteiger partial charge on any atom is 0.471 e. The molecule has 0 aliphatic rings. The van der Waals surface area contributed by atoms with Crippen LogP contribution in [0, 0.1) is 5.82 Å². The van der Waals surface area contributed by atoms with E-state index < -0.39 is 32.8 Å². The summed E-state index contributed by atoms with van der Waals surface area (Å²) in [5, 5.41) is 3.26. The molecular formula is C16H11F4N3O3S. The lowest BCUT2D eigenvalue weighted by atomic mass is 10.1. The van der Waals surface area contributed by atoms with Crippen molar-refractivity contribution >= 4 is 10.0 Å². The molecule has 1 aromatic heterocycles. The Morgan fingerprint density at radius 2 is 1.70 bits per heavy atom. The second-order valence-electron chi connectivity index (χ2n) is 5.37. The molecule has 0 radical (unpaired) electrons. The normalized spacial score (nSPS) is 12.3. The highest BCUT2D eigenvalue weighted by atomic mass is 32.2. The van der Waals surface area contributed by atoms with Gasteiger partial charge in [0.05, 0.1) is 0 Å². The Labute approximate surface area is 150 Å². The monoisotopic (exact) mass is 401 g/mol. The third-order valence-electron chi connectivity index (χ3n) is 3.47. The van der Waals surface area contributed by atoms with E-state index in [1.54, 1.807) is 0 Å². The van der Waals surface area contributed by atoms with Crippen molar-refractivity contribution in [2.75, 3.05) is 0 Å². The quantitative estimate of drug-likeness (QED) is 0.663. The maximum atomic E-state index is 13.6. The van der Waals surface area contributed by atoms with Crippen LogP contribution in [0.25, 0.3) is 11.4 Å². The van der Waals surface area contributed by atoms with Crippen molar-refractivity contribution in [3.05, 3.63) is 65.8 Å². The van der Waals surface area contributed by atoms with Crippen LogP contribution in [0.4, 0.5) is 17.6 Å². The lowest BCUT2D eigenvalue weighted by Crippen LogP contribution is -2.24. The van der Waals surface area contributed by atoms with Gasteiger partial charge in [-0.25, -0.2) is 17.5 Å². The highest BCUT2D eigenvalue weighted by molar-refractivity contribution is 7.89. The molecule has 0 amide bonds. The summed E-state index contributed by atoms with van der Waals surface area (Å²) in [6.45, 7) is -0.142. The van der Waals surface area contributed by atoms with Crippen LogP contribution >= 0.6 is 0 Å². The van der Waals surface area contributed by atoms with Crippen molar-refractivity contribution in [1.29, 1.82) is 0 Å². The zero-order valence-electron chi connectivity index (χ0n) is 13.4. The van der Waals surface area contributed by atoms with Crippen LogP contribution in [0.1, 0.15) is 11.5 Å². The van der Waals surface area contributed by atoms with Crippen LogP contribution < -0.4 is 4.72 Å². The van der Waals surface area contributed by atoms with Crippen molar-refractivity contribution in [2.45, 2.75) is 17.6 Å². The largest absolute Gasteiger partial charge is 0.471 e. The van der Waals surface area contributed by atoms with E-state index in [9.17, 15) is 26.0 Å². The van der Waals surface area contributed by atoms with Crippen molar-refractivity contribution in [1.82, 2.24) is 14.9 Å². The summed E-state index contributed by atoms with van der Waals surface area (Å²) in [4.78, 5) is 2.78. The summed E-state index contributed by atoms with van der Waals surface area (Å²) < 4.78 is 81.7. The van der Waals surface area contributed by atoms with E-state index in [4.69, 9.17) is 0 Å². The smallest absolute Gasteiger partial charge is 0.329 e. The Balaban J connectivity index is 1.71. The maximum absolute atomic E-state index is 13.6. The molecule has 142 valence electrons. The van der Waals surface area contributed by atoms with Crippen LogP contribution in [0.2, 0.25) is 0 Å². The van der Waals surface area contributed by atoms with E-state index >= 15 is 0 Å². The van der Waals surface area contributed by atoms with E-state index in [0.717, 1.165) is 12.1 Å². The van der Waals surface area contributed by atoms with Gasteiger partial charge in [0.1, 0.15) is 10.7 Å². The number of hydrogen-bond donors (Lipinski definition) is 1. The minimum Gasteiger partial charge on any atom is -0.329 e. The van der Waals surface area contributed by atoms with Gasteiger partial charge >= 0.3 is 12.1 Å². The molecule has 0 aliphatic heterocycles. The number of sulfonamides is 1. The highest BCUT2D eigenvalue weighted by Crippen LogP contribution is 2.29. The molecule has 6 nitrogen and oxygen atoms in total. The average molecular weight is 401 g/mol. The Morgan fingerprint density at radius 3 is 2.30 bits per heavy atom. The van der Waals surface area contributed by atoms with Gasteiger partial charge in [-0.05, 0) is 17.7 Å². The highest BCUT2D eigenvalue weighted by Gasteiger charge is 2.38. The van der Waals surface area contributed by atoms with Crippen LogP contribution in [0.3, 0.4) is 0 Å². The van der Waals surface area contributed by atoms with Crippen molar-refractivity contribution < 1.29 is 30.5 Å². The summed E-state index contributed by atoms with van der Waals surface area (Å²) in [5.74, 6) is -2.59. The Hall–Kier alpha value is -2.79. The first kappa shape index (κ1) is 19.0. The number of benzene rings is 2. The topological polar surface area (TPSA) is 85.1 Å². The van der Waals surface area contributed by atoms with Gasteiger partial charge < -0.3 is 4.52 Å². The Bertz CT molecular complexity index is 1050. The minimum absolute atomic E-state index is 0.142. The SMILES string of the molecule is O=S(=O)(NCc1ccc(-c2noc(C(F)(F)F)n2)cc1)c1ccccc1F. The van der Waals surface area contributed by atoms with Crippen LogP contribution in [0.15, 0.2) is 57.9 Å². The van der Waals surface area contributed by atoms with Crippen molar-refractivity contribution in [3.63, 3.8) is 0 Å². The molecule has 0 aliphatic carbocycles. The van der Waals surface area contributed by atoms with Crippen LogP contribution in [-0.2, 0) is 22.7 Å². The van der Waals surface area contributed by atoms with E-state index in [2.05, 4.69) is 19.4 Å². The van der Waals surface area contributed by atoms with Crippen LogP contribution in [-0.4, -0.2) is 18.6 Å². The molecule has 11 heteroatoms. The van der Waals surface area contributed by atoms with Gasteiger partial charge in [-0.2, -0.15) is 18.2 Å². The third kappa shape index (κ3) is 4.31. The number of nitrogens with one attached hydrogen (secondary N) is 1. The van der Waals surface area contributed by atoms with Gasteiger partial charge in [0.15, 0.2) is 0 Å². The molecule has 0 saturated heterocycles. The average Bonchev–Trinajstić information content (AvgIpc) is 3.11. The lowest BCUT2D eigenvalue weighted by molar-refractivity contribution is -0.159. The number of rotatable bonds is 5. The second-order valence-corrected chi connectivity index (χ2v) is 7.11. The van der Waals surface area contributed by atoms with Gasteiger partial charge in [0.25, 0.3) is 0 Å². The van der Waals surface area contributed by atoms with Crippen molar-refractivity contribution in [2.24, 2.45) is 0 Å². The summed E-state index contributed by atoms with van der Waals surface area (Å²) in [6.07, 6.45) is -4.74. The fourth-order valence-electron chi connectivity index (χ4n) is 2.15. The van der Waals surface area contributed by atoms with E-state index in [0.29, 0.717) is 5.56 Å². The van der Waals surface area contributed by atoms with Crippen LogP contribution in [0.5, 0.6) is 0 Å². The van der Waals surface area contributed by atoms with Gasteiger partial charge in [-0.1, -0.05) is 41.6 Å². The predicted molar refractivity (Wildman–Crippen MR) is 85.2 cm³/mol. The first-order valence-electron chi connectivity index (χ1n) is 7.41. The Morgan fingerprint density at radius 1 is 1.04 bits per heavy atom. The van der Waals surface area contributed by atoms with Gasteiger partial charge in [0, 0.05) is 12.1 Å². The van der Waals surface area contributed by atoms with E-state index in [1.165, 1.54) is 36.4 Å². The molecule has 0 bridgehead atoms. The summed E-state index contributed by atoms with van der Waals surface area (Å²) >= 11 is 0. The number of aromatic nitrogens is 2. The fourth-order valence-corrected chi connectivity index (χ4v) is 3.24. The molecule has 0 saturated carbocycles.